The fourth-order valence-electron chi connectivity index (χ4n) is 2.08. The molecule has 0 saturated carbocycles. The van der Waals surface area contributed by atoms with Crippen LogP contribution in [0.15, 0.2) is 23.8 Å². The van der Waals surface area contributed by atoms with Gasteiger partial charge in [-0.25, -0.2) is 0 Å². The summed E-state index contributed by atoms with van der Waals surface area (Å²) in [4.78, 5) is 10.7. The third kappa shape index (κ3) is 8.52. The van der Waals surface area contributed by atoms with Gasteiger partial charge in [0.25, 0.3) is 0 Å². The maximum atomic E-state index is 10.7. The van der Waals surface area contributed by atoms with Gasteiger partial charge in [-0.2, -0.15) is 0 Å². The quantitative estimate of drug-likeness (QED) is 0.330. The minimum absolute atomic E-state index is 0.407. The number of hydrogen-bond donors (Lipinski definition) is 0. The molecule has 0 bridgehead atoms. The van der Waals surface area contributed by atoms with Crippen LogP contribution in [0, 0.1) is 17.8 Å². The van der Waals surface area contributed by atoms with E-state index in [4.69, 9.17) is 11.6 Å². The SMILES string of the molecule is CCC(C)C(C)CC(C)CC=CC(C)=CC(=O)Cl. The average molecular weight is 271 g/mol. The van der Waals surface area contributed by atoms with Gasteiger partial charge in [0.05, 0.1) is 0 Å². The lowest BCUT2D eigenvalue weighted by Gasteiger charge is -2.21. The molecule has 2 heteroatoms. The molecule has 0 N–H and O–H groups in total. The molecule has 0 radical (unpaired) electrons. The van der Waals surface area contributed by atoms with Crippen LogP contribution in [0.25, 0.3) is 0 Å². The Bertz CT molecular complexity index is 304. The van der Waals surface area contributed by atoms with E-state index in [0.29, 0.717) is 5.92 Å². The molecule has 18 heavy (non-hydrogen) atoms. The van der Waals surface area contributed by atoms with Crippen molar-refractivity contribution in [2.45, 2.75) is 53.9 Å². The lowest BCUT2D eigenvalue weighted by atomic mass is 9.85. The minimum Gasteiger partial charge on any atom is -0.276 e. The van der Waals surface area contributed by atoms with Gasteiger partial charge in [0.2, 0.25) is 5.24 Å². The van der Waals surface area contributed by atoms with E-state index in [1.807, 2.05) is 13.0 Å². The summed E-state index contributed by atoms with van der Waals surface area (Å²) in [5, 5.41) is -0.407. The first kappa shape index (κ1) is 17.4. The Morgan fingerprint density at radius 3 is 2.33 bits per heavy atom. The van der Waals surface area contributed by atoms with E-state index in [0.717, 1.165) is 23.8 Å². The highest BCUT2D eigenvalue weighted by molar-refractivity contribution is 6.66. The Morgan fingerprint density at radius 2 is 1.83 bits per heavy atom. The highest BCUT2D eigenvalue weighted by atomic mass is 35.5. The maximum absolute atomic E-state index is 10.7. The van der Waals surface area contributed by atoms with Crippen molar-refractivity contribution in [3.8, 4) is 0 Å². The van der Waals surface area contributed by atoms with Crippen LogP contribution in [0.3, 0.4) is 0 Å². The largest absolute Gasteiger partial charge is 0.276 e. The summed E-state index contributed by atoms with van der Waals surface area (Å²) < 4.78 is 0. The molecule has 3 unspecified atom stereocenters. The smallest absolute Gasteiger partial charge is 0.245 e. The van der Waals surface area contributed by atoms with Crippen LogP contribution in [-0.4, -0.2) is 5.24 Å². The lowest BCUT2D eigenvalue weighted by Crippen LogP contribution is -2.10. The van der Waals surface area contributed by atoms with Gasteiger partial charge in [-0.15, -0.1) is 0 Å². The fraction of sp³-hybridized carbons (Fsp3) is 0.688. The van der Waals surface area contributed by atoms with E-state index in [1.54, 1.807) is 0 Å². The van der Waals surface area contributed by atoms with Gasteiger partial charge in [-0.05, 0) is 54.7 Å². The third-order valence-corrected chi connectivity index (χ3v) is 3.76. The summed E-state index contributed by atoms with van der Waals surface area (Å²) in [7, 11) is 0. The molecule has 3 atom stereocenters. The topological polar surface area (TPSA) is 17.1 Å². The molecule has 0 amide bonds. The number of carbonyl (C=O) groups excluding carboxylic acids is 1. The van der Waals surface area contributed by atoms with Crippen molar-refractivity contribution < 1.29 is 4.79 Å². The molecule has 104 valence electrons. The summed E-state index contributed by atoms with van der Waals surface area (Å²) in [6.07, 6.45) is 9.14. The highest BCUT2D eigenvalue weighted by Crippen LogP contribution is 2.24. The van der Waals surface area contributed by atoms with E-state index >= 15 is 0 Å². The molecule has 0 rings (SSSR count). The van der Waals surface area contributed by atoms with E-state index < -0.39 is 5.24 Å². The van der Waals surface area contributed by atoms with E-state index in [2.05, 4.69) is 33.8 Å². The monoisotopic (exact) mass is 270 g/mol. The Hall–Kier alpha value is -0.560. The van der Waals surface area contributed by atoms with Crippen molar-refractivity contribution in [1.82, 2.24) is 0 Å². The minimum atomic E-state index is -0.407. The summed E-state index contributed by atoms with van der Waals surface area (Å²) in [6.45, 7) is 11.1. The summed E-state index contributed by atoms with van der Waals surface area (Å²) >= 11 is 5.28. The Morgan fingerprint density at radius 1 is 1.22 bits per heavy atom. The molecule has 0 aliphatic rings. The Balaban J connectivity index is 4.07. The van der Waals surface area contributed by atoms with Gasteiger partial charge >= 0.3 is 0 Å². The van der Waals surface area contributed by atoms with Crippen LogP contribution in [0.5, 0.6) is 0 Å². The van der Waals surface area contributed by atoms with Gasteiger partial charge in [0.1, 0.15) is 0 Å². The zero-order valence-electron chi connectivity index (χ0n) is 12.4. The second-order valence-electron chi connectivity index (χ2n) is 5.53. The molecule has 0 saturated heterocycles. The van der Waals surface area contributed by atoms with Gasteiger partial charge in [0, 0.05) is 6.08 Å². The first-order valence-electron chi connectivity index (χ1n) is 6.91. The van der Waals surface area contributed by atoms with E-state index in [9.17, 15) is 4.79 Å². The second kappa shape index (κ2) is 9.38. The first-order chi connectivity index (χ1) is 8.36. The predicted octanol–water partition coefficient (Wildman–Crippen LogP) is 5.35. The first-order valence-corrected chi connectivity index (χ1v) is 7.28. The molecule has 0 aromatic carbocycles. The molecular formula is C16H27ClO. The number of halogens is 1. The van der Waals surface area contributed by atoms with Crippen LogP contribution in [0.1, 0.15) is 53.9 Å². The van der Waals surface area contributed by atoms with Crippen LogP contribution >= 0.6 is 11.6 Å². The fourth-order valence-corrected chi connectivity index (χ4v) is 2.25. The number of carbonyl (C=O) groups is 1. The van der Waals surface area contributed by atoms with Crippen LogP contribution in [0.2, 0.25) is 0 Å². The standard InChI is InChI=1S/C16H27ClO/c1-6-14(4)15(5)10-12(2)8-7-9-13(3)11-16(17)18/h7,9,11-12,14-15H,6,8,10H2,1-5H3. The zero-order valence-corrected chi connectivity index (χ0v) is 13.1. The molecule has 0 spiro atoms. The van der Waals surface area contributed by atoms with Crippen LogP contribution in [0.4, 0.5) is 0 Å². The molecular weight excluding hydrogens is 244 g/mol. The summed E-state index contributed by atoms with van der Waals surface area (Å²) in [5.41, 5.74) is 0.914. The van der Waals surface area contributed by atoms with Crippen LogP contribution in [-0.2, 0) is 4.79 Å². The van der Waals surface area contributed by atoms with Crippen molar-refractivity contribution >= 4 is 16.8 Å². The molecule has 0 heterocycles. The van der Waals surface area contributed by atoms with Crippen molar-refractivity contribution in [2.24, 2.45) is 17.8 Å². The van der Waals surface area contributed by atoms with Crippen molar-refractivity contribution in [1.29, 1.82) is 0 Å². The molecule has 0 aromatic heterocycles. The van der Waals surface area contributed by atoms with E-state index in [1.165, 1.54) is 18.9 Å². The van der Waals surface area contributed by atoms with Gasteiger partial charge in [-0.1, -0.05) is 46.3 Å². The zero-order chi connectivity index (χ0) is 14.1. The van der Waals surface area contributed by atoms with Gasteiger partial charge in [-0.3, -0.25) is 4.79 Å². The normalized spacial score (nSPS) is 17.8. The number of allylic oxidation sites excluding steroid dienone is 4. The van der Waals surface area contributed by atoms with Crippen molar-refractivity contribution in [2.75, 3.05) is 0 Å². The summed E-state index contributed by atoms with van der Waals surface area (Å²) in [5.74, 6) is 2.26. The Kier molecular flexibility index (Phi) is 9.09. The van der Waals surface area contributed by atoms with Crippen molar-refractivity contribution in [3.63, 3.8) is 0 Å². The van der Waals surface area contributed by atoms with Crippen LogP contribution < -0.4 is 0 Å². The third-order valence-electron chi connectivity index (χ3n) is 3.65. The average Bonchev–Trinajstić information content (AvgIpc) is 2.26. The molecule has 0 aliphatic carbocycles. The Labute approximate surface area is 117 Å². The summed E-state index contributed by atoms with van der Waals surface area (Å²) in [6, 6.07) is 0. The predicted molar refractivity (Wildman–Crippen MR) is 80.8 cm³/mol. The lowest BCUT2D eigenvalue weighted by molar-refractivity contribution is -0.107. The van der Waals surface area contributed by atoms with E-state index in [-0.39, 0.29) is 0 Å². The van der Waals surface area contributed by atoms with Gasteiger partial charge in [0.15, 0.2) is 0 Å². The number of hydrogen-bond acceptors (Lipinski definition) is 1. The highest BCUT2D eigenvalue weighted by Gasteiger charge is 2.13. The second-order valence-corrected chi connectivity index (χ2v) is 5.91. The number of rotatable bonds is 8. The molecule has 0 aromatic rings. The molecule has 0 aliphatic heterocycles. The van der Waals surface area contributed by atoms with Gasteiger partial charge < -0.3 is 0 Å². The molecule has 0 fully saturated rings. The molecule has 1 nitrogen and oxygen atoms in total. The maximum Gasteiger partial charge on any atom is 0.245 e. The van der Waals surface area contributed by atoms with Crippen molar-refractivity contribution in [3.05, 3.63) is 23.8 Å².